The summed E-state index contributed by atoms with van der Waals surface area (Å²) in [7, 11) is 0. The van der Waals surface area contributed by atoms with Gasteiger partial charge < -0.3 is 24.7 Å². The van der Waals surface area contributed by atoms with Crippen LogP contribution in [0.15, 0.2) is 29.0 Å². The average molecular weight is 477 g/mol. The zero-order chi connectivity index (χ0) is 24.0. The first-order chi connectivity index (χ1) is 15.8. The Balaban J connectivity index is 1.82. The van der Waals surface area contributed by atoms with Crippen molar-refractivity contribution >= 4 is 29.3 Å². The maximum atomic E-state index is 13.0. The molecular weight excluding hydrogens is 448 g/mol. The first-order valence-corrected chi connectivity index (χ1v) is 11.3. The van der Waals surface area contributed by atoms with Gasteiger partial charge in [0.2, 0.25) is 5.91 Å². The highest BCUT2D eigenvalue weighted by molar-refractivity contribution is 6.31. The van der Waals surface area contributed by atoms with Crippen LogP contribution in [0.5, 0.6) is 5.75 Å². The molecule has 0 fully saturated rings. The lowest BCUT2D eigenvalue weighted by Crippen LogP contribution is -2.48. The minimum Gasteiger partial charge on any atom is -0.491 e. The first-order valence-electron chi connectivity index (χ1n) is 11.0. The van der Waals surface area contributed by atoms with Crippen molar-refractivity contribution in [3.8, 4) is 5.75 Å². The third kappa shape index (κ3) is 6.47. The van der Waals surface area contributed by atoms with Gasteiger partial charge in [-0.2, -0.15) is 0 Å². The van der Waals surface area contributed by atoms with E-state index < -0.39 is 0 Å². The first kappa shape index (κ1) is 24.6. The zero-order valence-corrected chi connectivity index (χ0v) is 19.8. The van der Waals surface area contributed by atoms with Gasteiger partial charge in [-0.3, -0.25) is 14.4 Å². The normalized spacial score (nSPS) is 18.5. The Morgan fingerprint density at radius 3 is 2.76 bits per heavy atom. The molecule has 2 aromatic rings. The van der Waals surface area contributed by atoms with Crippen molar-refractivity contribution in [3.05, 3.63) is 46.6 Å². The van der Waals surface area contributed by atoms with Crippen molar-refractivity contribution in [2.75, 3.05) is 26.2 Å². The molecule has 3 amide bonds. The van der Waals surface area contributed by atoms with Crippen LogP contribution in [0.3, 0.4) is 0 Å². The van der Waals surface area contributed by atoms with Crippen LogP contribution >= 0.6 is 11.6 Å². The number of carbonyl (C=O) groups excluding carboxylic acids is 3. The summed E-state index contributed by atoms with van der Waals surface area (Å²) >= 11 is 6.09. The van der Waals surface area contributed by atoms with Gasteiger partial charge in [-0.25, -0.2) is 4.98 Å². The molecule has 0 bridgehead atoms. The molecule has 0 radical (unpaired) electrons. The molecule has 10 heteroatoms. The van der Waals surface area contributed by atoms with E-state index in [1.54, 1.807) is 25.1 Å². The predicted molar refractivity (Wildman–Crippen MR) is 122 cm³/mol. The molecule has 1 aliphatic rings. The minimum absolute atomic E-state index is 0.0520. The monoisotopic (exact) mass is 476 g/mol. The topological polar surface area (TPSA) is 114 Å². The Bertz CT molecular complexity index is 1010. The zero-order valence-electron chi connectivity index (χ0n) is 19.0. The summed E-state index contributed by atoms with van der Waals surface area (Å²) in [5.41, 5.74) is 0.523. The molecule has 3 rings (SSSR count). The fraction of sp³-hybridized carbons (Fsp3) is 0.478. The van der Waals surface area contributed by atoms with Crippen LogP contribution in [0.1, 0.15) is 53.3 Å². The van der Waals surface area contributed by atoms with E-state index in [0.29, 0.717) is 48.0 Å². The number of oxazole rings is 1. The quantitative estimate of drug-likeness (QED) is 0.689. The molecule has 0 spiro atoms. The third-order valence-electron chi connectivity index (χ3n) is 5.47. The minimum atomic E-state index is -0.371. The molecular formula is C23H29ClN4O5. The van der Waals surface area contributed by atoms with E-state index in [1.165, 1.54) is 11.3 Å². The fourth-order valence-electron chi connectivity index (χ4n) is 3.45. The van der Waals surface area contributed by atoms with Gasteiger partial charge in [0.25, 0.3) is 11.8 Å². The highest BCUT2D eigenvalue weighted by atomic mass is 35.5. The van der Waals surface area contributed by atoms with Crippen LogP contribution in [0.4, 0.5) is 0 Å². The van der Waals surface area contributed by atoms with Gasteiger partial charge in [0.15, 0.2) is 12.1 Å². The van der Waals surface area contributed by atoms with E-state index in [0.717, 1.165) is 0 Å². The number of rotatable bonds is 2. The van der Waals surface area contributed by atoms with Crippen molar-refractivity contribution in [2.24, 2.45) is 5.92 Å². The van der Waals surface area contributed by atoms with Gasteiger partial charge in [0, 0.05) is 18.1 Å². The molecule has 33 heavy (non-hydrogen) atoms. The summed E-state index contributed by atoms with van der Waals surface area (Å²) in [5.74, 6) is -0.121. The molecule has 2 N–H and O–H groups in total. The smallest absolute Gasteiger partial charge is 0.276 e. The summed E-state index contributed by atoms with van der Waals surface area (Å²) in [6, 6.07) is 4.53. The molecule has 178 valence electrons. The van der Waals surface area contributed by atoms with Gasteiger partial charge in [0.05, 0.1) is 18.2 Å². The second kappa shape index (κ2) is 11.2. The lowest BCUT2D eigenvalue weighted by molar-refractivity contribution is -0.123. The predicted octanol–water partition coefficient (Wildman–Crippen LogP) is 2.82. The summed E-state index contributed by atoms with van der Waals surface area (Å²) < 4.78 is 11.1. The molecule has 0 saturated carbocycles. The van der Waals surface area contributed by atoms with Crippen LogP contribution < -0.4 is 15.4 Å². The molecule has 0 aliphatic carbocycles. The van der Waals surface area contributed by atoms with E-state index in [-0.39, 0.29) is 48.5 Å². The molecule has 2 heterocycles. The Morgan fingerprint density at radius 2 is 2.06 bits per heavy atom. The number of fused-ring (bicyclic) bond motifs is 1. The van der Waals surface area contributed by atoms with Crippen molar-refractivity contribution < 1.29 is 23.5 Å². The van der Waals surface area contributed by atoms with E-state index in [1.807, 2.05) is 13.8 Å². The Hall–Kier alpha value is -3.07. The second-order valence-corrected chi connectivity index (χ2v) is 8.75. The van der Waals surface area contributed by atoms with Crippen LogP contribution in [0.25, 0.3) is 0 Å². The maximum absolute atomic E-state index is 13.0. The fourth-order valence-corrected chi connectivity index (χ4v) is 3.62. The van der Waals surface area contributed by atoms with Gasteiger partial charge in [-0.05, 0) is 43.9 Å². The Kier molecular flexibility index (Phi) is 8.32. The number of hydrogen-bond donors (Lipinski definition) is 2. The number of aromatic nitrogens is 1. The van der Waals surface area contributed by atoms with Crippen LogP contribution in [0.2, 0.25) is 5.02 Å². The molecule has 9 nitrogen and oxygen atoms in total. The summed E-state index contributed by atoms with van der Waals surface area (Å²) in [4.78, 5) is 44.0. The van der Waals surface area contributed by atoms with Gasteiger partial charge in [-0.15, -0.1) is 0 Å². The number of amides is 3. The average Bonchev–Trinajstić information content (AvgIpc) is 3.20. The van der Waals surface area contributed by atoms with Crippen molar-refractivity contribution in [1.82, 2.24) is 20.5 Å². The lowest BCUT2D eigenvalue weighted by atomic mass is 10.1. The number of nitrogens with one attached hydrogen (secondary N) is 2. The van der Waals surface area contributed by atoms with Crippen LogP contribution in [0, 0.1) is 12.8 Å². The Labute approximate surface area is 197 Å². The van der Waals surface area contributed by atoms with E-state index in [9.17, 15) is 14.4 Å². The lowest BCUT2D eigenvalue weighted by Gasteiger charge is -2.26. The molecule has 1 aliphatic heterocycles. The highest BCUT2D eigenvalue weighted by Gasteiger charge is 2.25. The van der Waals surface area contributed by atoms with Crippen molar-refractivity contribution in [3.63, 3.8) is 0 Å². The van der Waals surface area contributed by atoms with E-state index in [4.69, 9.17) is 20.8 Å². The number of aryl methyl sites for hydroxylation is 1. The molecule has 0 unspecified atom stereocenters. The van der Waals surface area contributed by atoms with Crippen LogP contribution in [-0.2, 0) is 4.79 Å². The van der Waals surface area contributed by atoms with E-state index >= 15 is 0 Å². The summed E-state index contributed by atoms with van der Waals surface area (Å²) in [6.45, 7) is 6.34. The van der Waals surface area contributed by atoms with Gasteiger partial charge in [0.1, 0.15) is 18.1 Å². The van der Waals surface area contributed by atoms with Crippen molar-refractivity contribution in [1.29, 1.82) is 0 Å². The number of nitrogens with zero attached hydrogens (tertiary/aromatic N) is 2. The summed E-state index contributed by atoms with van der Waals surface area (Å²) in [5, 5.41) is 6.25. The summed E-state index contributed by atoms with van der Waals surface area (Å²) in [6.07, 6.45) is 2.41. The molecule has 0 saturated heterocycles. The van der Waals surface area contributed by atoms with Gasteiger partial charge >= 0.3 is 0 Å². The molecule has 1 aromatic heterocycles. The van der Waals surface area contributed by atoms with Crippen molar-refractivity contribution in [2.45, 2.75) is 39.7 Å². The maximum Gasteiger partial charge on any atom is 0.276 e. The van der Waals surface area contributed by atoms with E-state index in [2.05, 4.69) is 15.6 Å². The standard InChI is InChI=1S/C23H29ClN4O5/c1-14(2)18-12-32-19-7-6-16(24)10-17(19)22(30)25-8-4-5-9-28(11-20(29)27-18)23(31)21-15(3)33-13-26-21/h6-7,10,13-14,18H,4-5,8-9,11-12H2,1-3H3,(H,25,30)(H,27,29)/t18-/m0/s1. The number of benzene rings is 1. The Morgan fingerprint density at radius 1 is 1.27 bits per heavy atom. The number of carbonyl (C=O) groups is 3. The highest BCUT2D eigenvalue weighted by Crippen LogP contribution is 2.24. The SMILES string of the molecule is Cc1ocnc1C(=O)N1CCCCNC(=O)c2cc(Cl)ccc2OC[C@@H](C(C)C)NC(=O)C1. The molecule has 1 aromatic carbocycles. The number of hydrogen-bond acceptors (Lipinski definition) is 6. The second-order valence-electron chi connectivity index (χ2n) is 8.32. The number of ether oxygens (including phenoxy) is 1. The third-order valence-corrected chi connectivity index (χ3v) is 5.70. The largest absolute Gasteiger partial charge is 0.491 e. The van der Waals surface area contributed by atoms with Gasteiger partial charge in [-0.1, -0.05) is 25.4 Å². The number of halogens is 1. The van der Waals surface area contributed by atoms with Crippen LogP contribution in [-0.4, -0.2) is 59.9 Å². The molecule has 1 atom stereocenters.